The Kier molecular flexibility index (Phi) is 4.56. The van der Waals surface area contributed by atoms with Gasteiger partial charge in [0.15, 0.2) is 0 Å². The molecule has 0 aromatic heterocycles. The van der Waals surface area contributed by atoms with Crippen molar-refractivity contribution in [1.82, 2.24) is 5.32 Å². The van der Waals surface area contributed by atoms with Gasteiger partial charge in [-0.2, -0.15) is 13.2 Å². The molecule has 3 nitrogen and oxygen atoms in total. The lowest BCUT2D eigenvalue weighted by molar-refractivity contribution is -0.137. The minimum Gasteiger partial charge on any atom is -0.352 e. The van der Waals surface area contributed by atoms with Crippen molar-refractivity contribution in [3.8, 4) is 0 Å². The molecule has 0 bridgehead atoms. The summed E-state index contributed by atoms with van der Waals surface area (Å²) in [5, 5.41) is 2.79. The number of benzene rings is 1. The predicted molar refractivity (Wildman–Crippen MR) is 73.2 cm³/mol. The van der Waals surface area contributed by atoms with Crippen LogP contribution in [-0.4, -0.2) is 12.5 Å². The maximum Gasteiger partial charge on any atom is 0.416 e. The second kappa shape index (κ2) is 6.05. The molecule has 6 heteroatoms. The van der Waals surface area contributed by atoms with E-state index < -0.39 is 17.2 Å². The van der Waals surface area contributed by atoms with Crippen LogP contribution < -0.4 is 11.1 Å². The summed E-state index contributed by atoms with van der Waals surface area (Å²) in [4.78, 5) is 12.2. The maximum absolute atomic E-state index is 12.5. The van der Waals surface area contributed by atoms with E-state index in [0.29, 0.717) is 12.1 Å². The summed E-state index contributed by atoms with van der Waals surface area (Å²) in [5.74, 6) is -0.0950. The molecule has 1 aromatic rings. The predicted octanol–water partition coefficient (Wildman–Crippen LogP) is 2.84. The summed E-state index contributed by atoms with van der Waals surface area (Å²) < 4.78 is 37.4. The number of nitrogens with one attached hydrogen (secondary N) is 1. The molecule has 0 heterocycles. The average molecular weight is 300 g/mol. The maximum atomic E-state index is 12.5. The Morgan fingerprint density at radius 2 is 1.76 bits per heavy atom. The Hall–Kier alpha value is -1.56. The zero-order valence-corrected chi connectivity index (χ0v) is 11.7. The number of carbonyl (C=O) groups excluding carboxylic acids is 1. The topological polar surface area (TPSA) is 55.1 Å². The van der Waals surface area contributed by atoms with Crippen molar-refractivity contribution >= 4 is 5.91 Å². The van der Waals surface area contributed by atoms with E-state index in [-0.39, 0.29) is 12.5 Å². The number of hydrogen-bond donors (Lipinski definition) is 2. The summed E-state index contributed by atoms with van der Waals surface area (Å²) in [6, 6.07) is 4.81. The first-order valence-electron chi connectivity index (χ1n) is 7.02. The summed E-state index contributed by atoms with van der Waals surface area (Å²) >= 11 is 0. The van der Waals surface area contributed by atoms with Gasteiger partial charge in [-0.3, -0.25) is 4.79 Å². The van der Waals surface area contributed by atoms with Crippen LogP contribution in [0, 0.1) is 5.41 Å². The van der Waals surface area contributed by atoms with E-state index in [1.54, 1.807) is 0 Å². The molecule has 0 spiro atoms. The quantitative estimate of drug-likeness (QED) is 0.898. The number of halogens is 3. The Labute approximate surface area is 121 Å². The molecule has 1 aliphatic carbocycles. The van der Waals surface area contributed by atoms with Crippen molar-refractivity contribution < 1.29 is 18.0 Å². The molecule has 3 N–H and O–H groups in total. The third-order valence-electron chi connectivity index (χ3n) is 4.17. The summed E-state index contributed by atoms with van der Waals surface area (Å²) in [6.45, 7) is 0.532. The van der Waals surface area contributed by atoms with Crippen LogP contribution >= 0.6 is 0 Å². The van der Waals surface area contributed by atoms with E-state index >= 15 is 0 Å². The Bertz CT molecular complexity index is 491. The van der Waals surface area contributed by atoms with Crippen LogP contribution in [0.25, 0.3) is 0 Å². The number of alkyl halides is 3. The van der Waals surface area contributed by atoms with E-state index in [1.807, 2.05) is 0 Å². The Morgan fingerprint density at radius 1 is 1.19 bits per heavy atom. The largest absolute Gasteiger partial charge is 0.416 e. The lowest BCUT2D eigenvalue weighted by Gasteiger charge is -2.25. The van der Waals surface area contributed by atoms with Crippen molar-refractivity contribution in [2.75, 3.05) is 6.54 Å². The lowest BCUT2D eigenvalue weighted by atomic mass is 9.85. The molecule has 0 saturated heterocycles. The Morgan fingerprint density at radius 3 is 2.24 bits per heavy atom. The van der Waals surface area contributed by atoms with Crippen LogP contribution in [-0.2, 0) is 17.5 Å². The smallest absolute Gasteiger partial charge is 0.352 e. The van der Waals surface area contributed by atoms with Gasteiger partial charge in [0.05, 0.1) is 11.0 Å². The highest BCUT2D eigenvalue weighted by Crippen LogP contribution is 2.37. The van der Waals surface area contributed by atoms with Crippen molar-refractivity contribution in [1.29, 1.82) is 0 Å². The van der Waals surface area contributed by atoms with E-state index in [4.69, 9.17) is 5.73 Å². The minimum absolute atomic E-state index is 0.0950. The first kappa shape index (κ1) is 15.8. The van der Waals surface area contributed by atoms with Gasteiger partial charge in [-0.1, -0.05) is 25.0 Å². The highest BCUT2D eigenvalue weighted by Gasteiger charge is 2.39. The highest BCUT2D eigenvalue weighted by atomic mass is 19.4. The molecule has 1 fully saturated rings. The average Bonchev–Trinajstić information content (AvgIpc) is 2.94. The van der Waals surface area contributed by atoms with Gasteiger partial charge in [-0.25, -0.2) is 0 Å². The molecule has 0 atom stereocenters. The van der Waals surface area contributed by atoms with Crippen LogP contribution in [0.2, 0.25) is 0 Å². The molecular weight excluding hydrogens is 281 g/mol. The zero-order valence-electron chi connectivity index (χ0n) is 11.7. The van der Waals surface area contributed by atoms with Crippen molar-refractivity contribution in [2.24, 2.45) is 11.1 Å². The fourth-order valence-electron chi connectivity index (χ4n) is 2.76. The molecular formula is C15H19F3N2O. The van der Waals surface area contributed by atoms with E-state index in [9.17, 15) is 18.0 Å². The zero-order chi connectivity index (χ0) is 15.5. The molecule has 0 aliphatic heterocycles. The van der Waals surface area contributed by atoms with E-state index in [0.717, 1.165) is 37.8 Å². The molecule has 0 unspecified atom stereocenters. The standard InChI is InChI=1S/C15H19F3N2O/c16-15(17,18)12-5-3-11(4-6-12)9-20-13(21)14(10-19)7-1-2-8-14/h3-6H,1-2,7-10,19H2,(H,20,21). The summed E-state index contributed by atoms with van der Waals surface area (Å²) in [5.41, 5.74) is 5.18. The molecule has 21 heavy (non-hydrogen) atoms. The fraction of sp³-hybridized carbons (Fsp3) is 0.533. The number of carbonyl (C=O) groups is 1. The first-order valence-corrected chi connectivity index (χ1v) is 7.02. The molecule has 1 amide bonds. The number of rotatable bonds is 4. The van der Waals surface area contributed by atoms with Gasteiger partial charge < -0.3 is 11.1 Å². The normalized spacial score (nSPS) is 17.7. The van der Waals surface area contributed by atoms with Gasteiger partial charge in [0.1, 0.15) is 0 Å². The first-order chi connectivity index (χ1) is 9.87. The van der Waals surface area contributed by atoms with Gasteiger partial charge in [-0.05, 0) is 30.5 Å². The molecule has 1 saturated carbocycles. The minimum atomic E-state index is -4.34. The number of amides is 1. The third kappa shape index (κ3) is 3.56. The van der Waals surface area contributed by atoms with Gasteiger partial charge >= 0.3 is 6.18 Å². The molecule has 1 aliphatic rings. The SMILES string of the molecule is NCC1(C(=O)NCc2ccc(C(F)(F)F)cc2)CCCC1. The van der Waals surface area contributed by atoms with Crippen molar-refractivity contribution in [2.45, 2.75) is 38.4 Å². The van der Waals surface area contributed by atoms with Gasteiger partial charge in [0.2, 0.25) is 5.91 Å². The van der Waals surface area contributed by atoms with Gasteiger partial charge in [0, 0.05) is 13.1 Å². The van der Waals surface area contributed by atoms with Crippen LogP contribution in [0.3, 0.4) is 0 Å². The second-order valence-corrected chi connectivity index (χ2v) is 5.57. The molecule has 0 radical (unpaired) electrons. The number of nitrogens with two attached hydrogens (primary N) is 1. The van der Waals surface area contributed by atoms with E-state index in [2.05, 4.69) is 5.32 Å². The van der Waals surface area contributed by atoms with E-state index in [1.165, 1.54) is 12.1 Å². The van der Waals surface area contributed by atoms with Crippen LogP contribution in [0.5, 0.6) is 0 Å². The van der Waals surface area contributed by atoms with Crippen molar-refractivity contribution in [3.63, 3.8) is 0 Å². The summed E-state index contributed by atoms with van der Waals surface area (Å²) in [7, 11) is 0. The monoisotopic (exact) mass is 300 g/mol. The van der Waals surface area contributed by atoms with Crippen LogP contribution in [0.4, 0.5) is 13.2 Å². The lowest BCUT2D eigenvalue weighted by Crippen LogP contribution is -2.43. The summed E-state index contributed by atoms with van der Waals surface area (Å²) in [6.07, 6.45) is -0.796. The van der Waals surface area contributed by atoms with Crippen LogP contribution in [0.15, 0.2) is 24.3 Å². The molecule has 2 rings (SSSR count). The molecule has 116 valence electrons. The number of hydrogen-bond acceptors (Lipinski definition) is 2. The highest BCUT2D eigenvalue weighted by molar-refractivity contribution is 5.83. The van der Waals surface area contributed by atoms with Gasteiger partial charge in [-0.15, -0.1) is 0 Å². The Balaban J connectivity index is 1.95. The third-order valence-corrected chi connectivity index (χ3v) is 4.17. The van der Waals surface area contributed by atoms with Crippen LogP contribution in [0.1, 0.15) is 36.8 Å². The molecule has 1 aromatic carbocycles. The van der Waals surface area contributed by atoms with Crippen molar-refractivity contribution in [3.05, 3.63) is 35.4 Å². The van der Waals surface area contributed by atoms with Gasteiger partial charge in [0.25, 0.3) is 0 Å². The second-order valence-electron chi connectivity index (χ2n) is 5.57. The fourth-order valence-corrected chi connectivity index (χ4v) is 2.76.